The normalized spacial score (nSPS) is 14.2. The Kier molecular flexibility index (Phi) is 5.10. The van der Waals surface area contributed by atoms with Gasteiger partial charge in [-0.25, -0.2) is 0 Å². The Morgan fingerprint density at radius 3 is 1.97 bits per heavy atom. The average molecular weight is 408 g/mol. The fourth-order valence-electron chi connectivity index (χ4n) is 4.22. The molecule has 1 nitrogen and oxygen atoms in total. The van der Waals surface area contributed by atoms with Gasteiger partial charge in [-0.1, -0.05) is 104 Å². The van der Waals surface area contributed by atoms with E-state index in [2.05, 4.69) is 116 Å². The Balaban J connectivity index is 1.47. The number of benzene rings is 4. The first kappa shape index (κ1) is 19.0. The minimum atomic E-state index is 0.356. The zero-order chi connectivity index (χ0) is 20.5. The van der Waals surface area contributed by atoms with Crippen molar-refractivity contribution in [2.24, 2.45) is 0 Å². The third kappa shape index (κ3) is 3.53. The standard InChI is InChI=1S/C28H25NS/c1-19(21-10-5-3-6-11-21)23-16-17-27-26(18-23)29-25-15-9-14-24(28(25)30-27)20(2)22-12-7-4-8-13-22/h3-20,29H,1-2H3. The smallest absolute Gasteiger partial charge is 0.0529 e. The number of rotatable bonds is 4. The predicted molar refractivity (Wildman–Crippen MR) is 128 cm³/mol. The van der Waals surface area contributed by atoms with Gasteiger partial charge in [0.05, 0.1) is 11.4 Å². The Morgan fingerprint density at radius 2 is 1.27 bits per heavy atom. The van der Waals surface area contributed by atoms with E-state index in [1.54, 1.807) is 0 Å². The molecule has 0 spiro atoms. The second-order valence-electron chi connectivity index (χ2n) is 7.97. The Labute approximate surface area is 183 Å². The first-order valence-corrected chi connectivity index (χ1v) is 11.3. The molecule has 1 heterocycles. The molecule has 0 saturated carbocycles. The summed E-state index contributed by atoms with van der Waals surface area (Å²) in [7, 11) is 0. The molecule has 2 heteroatoms. The highest BCUT2D eigenvalue weighted by molar-refractivity contribution is 7.99. The molecule has 2 atom stereocenters. The van der Waals surface area contributed by atoms with E-state index in [4.69, 9.17) is 0 Å². The van der Waals surface area contributed by atoms with Crippen LogP contribution in [0.4, 0.5) is 11.4 Å². The molecule has 0 fully saturated rings. The quantitative estimate of drug-likeness (QED) is 0.322. The van der Waals surface area contributed by atoms with Crippen molar-refractivity contribution in [1.82, 2.24) is 0 Å². The molecule has 1 N–H and O–H groups in total. The van der Waals surface area contributed by atoms with Crippen molar-refractivity contribution < 1.29 is 0 Å². The highest BCUT2D eigenvalue weighted by Gasteiger charge is 2.22. The third-order valence-corrected chi connectivity index (χ3v) is 7.33. The first-order valence-electron chi connectivity index (χ1n) is 10.5. The third-order valence-electron chi connectivity index (χ3n) is 6.10. The highest BCUT2D eigenvalue weighted by Crippen LogP contribution is 2.48. The van der Waals surface area contributed by atoms with E-state index in [1.165, 1.54) is 43.4 Å². The SMILES string of the molecule is CC(c1ccccc1)c1ccc2c(c1)Nc1cccc(C(C)c3ccccc3)c1S2. The van der Waals surface area contributed by atoms with Crippen molar-refractivity contribution in [2.75, 3.05) is 5.32 Å². The Morgan fingerprint density at radius 1 is 0.600 bits per heavy atom. The molecule has 0 bridgehead atoms. The molecule has 1 aliphatic heterocycles. The highest BCUT2D eigenvalue weighted by atomic mass is 32.2. The van der Waals surface area contributed by atoms with Gasteiger partial charge in [-0.05, 0) is 40.5 Å². The fourth-order valence-corrected chi connectivity index (χ4v) is 5.39. The predicted octanol–water partition coefficient (Wildman–Crippen LogP) is 8.20. The maximum absolute atomic E-state index is 3.71. The van der Waals surface area contributed by atoms with Crippen LogP contribution < -0.4 is 5.32 Å². The average Bonchev–Trinajstić information content (AvgIpc) is 2.82. The van der Waals surface area contributed by atoms with Crippen LogP contribution >= 0.6 is 11.8 Å². The summed E-state index contributed by atoms with van der Waals surface area (Å²) in [6.07, 6.45) is 0. The molecule has 0 radical (unpaired) electrons. The van der Waals surface area contributed by atoms with Crippen LogP contribution in [0.3, 0.4) is 0 Å². The summed E-state index contributed by atoms with van der Waals surface area (Å²) < 4.78 is 0. The molecule has 4 aromatic rings. The molecular weight excluding hydrogens is 382 g/mol. The lowest BCUT2D eigenvalue weighted by Gasteiger charge is -2.26. The van der Waals surface area contributed by atoms with E-state index in [9.17, 15) is 0 Å². The summed E-state index contributed by atoms with van der Waals surface area (Å²) in [5, 5.41) is 3.71. The topological polar surface area (TPSA) is 12.0 Å². The largest absolute Gasteiger partial charge is 0.354 e. The van der Waals surface area contributed by atoms with E-state index in [0.29, 0.717) is 11.8 Å². The van der Waals surface area contributed by atoms with Crippen LogP contribution in [-0.2, 0) is 0 Å². The zero-order valence-electron chi connectivity index (χ0n) is 17.3. The number of nitrogens with one attached hydrogen (secondary N) is 1. The maximum atomic E-state index is 3.71. The summed E-state index contributed by atoms with van der Waals surface area (Å²) in [6.45, 7) is 4.58. The van der Waals surface area contributed by atoms with E-state index in [-0.39, 0.29) is 0 Å². The zero-order valence-corrected chi connectivity index (χ0v) is 18.1. The van der Waals surface area contributed by atoms with Gasteiger partial charge >= 0.3 is 0 Å². The van der Waals surface area contributed by atoms with Crippen LogP contribution in [0.15, 0.2) is 107 Å². The van der Waals surface area contributed by atoms with Crippen LogP contribution in [0.25, 0.3) is 0 Å². The second kappa shape index (κ2) is 8.04. The minimum Gasteiger partial charge on any atom is -0.354 e. The molecule has 1 aliphatic rings. The minimum absolute atomic E-state index is 0.356. The lowest BCUT2D eigenvalue weighted by Crippen LogP contribution is -2.06. The van der Waals surface area contributed by atoms with Gasteiger partial charge in [-0.2, -0.15) is 0 Å². The van der Waals surface area contributed by atoms with Gasteiger partial charge in [-0.3, -0.25) is 0 Å². The van der Waals surface area contributed by atoms with Gasteiger partial charge in [0, 0.05) is 21.6 Å². The van der Waals surface area contributed by atoms with E-state index in [1.807, 2.05) is 11.8 Å². The molecule has 148 valence electrons. The number of hydrogen-bond acceptors (Lipinski definition) is 2. The van der Waals surface area contributed by atoms with Gasteiger partial charge in [0.2, 0.25) is 0 Å². The van der Waals surface area contributed by atoms with Crippen LogP contribution in [0, 0.1) is 0 Å². The van der Waals surface area contributed by atoms with Crippen molar-refractivity contribution in [3.05, 3.63) is 119 Å². The molecule has 4 aromatic carbocycles. The summed E-state index contributed by atoms with van der Waals surface area (Å²) in [5.74, 6) is 0.725. The van der Waals surface area contributed by atoms with E-state index < -0.39 is 0 Å². The lowest BCUT2D eigenvalue weighted by atomic mass is 9.92. The van der Waals surface area contributed by atoms with Gasteiger partial charge in [0.15, 0.2) is 0 Å². The van der Waals surface area contributed by atoms with Crippen molar-refractivity contribution >= 4 is 23.1 Å². The van der Waals surface area contributed by atoms with Crippen LogP contribution in [0.5, 0.6) is 0 Å². The summed E-state index contributed by atoms with van der Waals surface area (Å²) in [4.78, 5) is 2.63. The van der Waals surface area contributed by atoms with E-state index in [0.717, 1.165) is 0 Å². The number of fused-ring (bicyclic) bond motifs is 2. The van der Waals surface area contributed by atoms with Crippen molar-refractivity contribution in [1.29, 1.82) is 0 Å². The summed E-state index contributed by atoms with van der Waals surface area (Å²) in [5.41, 5.74) is 7.83. The molecule has 5 rings (SSSR count). The summed E-state index contributed by atoms with van der Waals surface area (Å²) in [6, 6.07) is 35.0. The lowest BCUT2D eigenvalue weighted by molar-refractivity contribution is 0.893. The van der Waals surface area contributed by atoms with Crippen molar-refractivity contribution in [3.63, 3.8) is 0 Å². The van der Waals surface area contributed by atoms with Gasteiger partial charge in [0.1, 0.15) is 0 Å². The summed E-state index contributed by atoms with van der Waals surface area (Å²) >= 11 is 1.89. The molecule has 0 saturated heterocycles. The van der Waals surface area contributed by atoms with Gasteiger partial charge in [-0.15, -0.1) is 0 Å². The molecule has 30 heavy (non-hydrogen) atoms. The van der Waals surface area contributed by atoms with Gasteiger partial charge in [0.25, 0.3) is 0 Å². The Bertz CT molecular complexity index is 1170. The second-order valence-corrected chi connectivity index (χ2v) is 9.02. The van der Waals surface area contributed by atoms with Crippen LogP contribution in [-0.4, -0.2) is 0 Å². The first-order chi connectivity index (χ1) is 14.7. The van der Waals surface area contributed by atoms with Crippen molar-refractivity contribution in [3.8, 4) is 0 Å². The molecule has 0 aromatic heterocycles. The monoisotopic (exact) mass is 407 g/mol. The van der Waals surface area contributed by atoms with E-state index >= 15 is 0 Å². The Hall–Kier alpha value is -2.97. The number of hydrogen-bond donors (Lipinski definition) is 1. The van der Waals surface area contributed by atoms with Crippen LogP contribution in [0.2, 0.25) is 0 Å². The molecule has 0 amide bonds. The van der Waals surface area contributed by atoms with Crippen LogP contribution in [0.1, 0.15) is 47.9 Å². The van der Waals surface area contributed by atoms with Crippen molar-refractivity contribution in [2.45, 2.75) is 35.5 Å². The molecular formula is C28H25NS. The van der Waals surface area contributed by atoms with Gasteiger partial charge < -0.3 is 5.32 Å². The number of anilines is 2. The fraction of sp³-hybridized carbons (Fsp3) is 0.143. The molecule has 2 unspecified atom stereocenters. The maximum Gasteiger partial charge on any atom is 0.0529 e. The molecule has 0 aliphatic carbocycles.